The van der Waals surface area contributed by atoms with E-state index in [4.69, 9.17) is 0 Å². The normalized spacial score (nSPS) is 11.9. The molecule has 0 aliphatic heterocycles. The lowest BCUT2D eigenvalue weighted by atomic mass is 9.94. The fraction of sp³-hybridized carbons (Fsp3) is 0.714. The van der Waals surface area contributed by atoms with Gasteiger partial charge in [0.15, 0.2) is 0 Å². The molecule has 0 saturated heterocycles. The van der Waals surface area contributed by atoms with Gasteiger partial charge in [-0.2, -0.15) is 0 Å². The van der Waals surface area contributed by atoms with Crippen molar-refractivity contribution in [3.63, 3.8) is 0 Å². The number of carbonyl (C=O) groups excluding carboxylic acids is 2. The van der Waals surface area contributed by atoms with Gasteiger partial charge in [-0.1, -0.05) is 48.5 Å². The molecule has 1 heterocycles. The van der Waals surface area contributed by atoms with Crippen LogP contribution in [0, 0.1) is 17.3 Å². The number of hydrogen-bond acceptors (Lipinski definition) is 2. The molecule has 148 valence electrons. The second-order valence-corrected chi connectivity index (χ2v) is 9.11. The molecule has 0 atom stereocenters. The van der Waals surface area contributed by atoms with Gasteiger partial charge in [-0.05, 0) is 24.0 Å². The largest absolute Gasteiger partial charge is 0.353 e. The number of nitrogens with zero attached hydrogens (tertiary/aromatic N) is 3. The molecule has 1 rings (SSSR count). The quantitative estimate of drug-likeness (QED) is 0.709. The average Bonchev–Trinajstić information content (AvgIpc) is 2.88. The summed E-state index contributed by atoms with van der Waals surface area (Å²) in [5.41, 5.74) is 0.604. The summed E-state index contributed by atoms with van der Waals surface area (Å²) in [4.78, 5) is 29.5. The van der Waals surface area contributed by atoms with Crippen LogP contribution in [-0.2, 0) is 23.2 Å². The standard InChI is InChI=1S/C21H37N3O2/c1-16(2)12-23(14-18-10-9-11-22(18)8)19(25)15-24(13-17(3)4)20(26)21(5,6)7/h9-11,16-17H,12-15H2,1-8H3. The Labute approximate surface area is 159 Å². The Morgan fingerprint density at radius 2 is 1.58 bits per heavy atom. The van der Waals surface area contributed by atoms with Crippen molar-refractivity contribution in [1.82, 2.24) is 14.4 Å². The minimum absolute atomic E-state index is 0.0122. The second-order valence-electron chi connectivity index (χ2n) is 9.11. The number of amides is 2. The van der Waals surface area contributed by atoms with Gasteiger partial charge < -0.3 is 14.4 Å². The van der Waals surface area contributed by atoms with E-state index in [0.29, 0.717) is 31.5 Å². The van der Waals surface area contributed by atoms with Crippen molar-refractivity contribution in [2.75, 3.05) is 19.6 Å². The highest BCUT2D eigenvalue weighted by Crippen LogP contribution is 2.19. The maximum absolute atomic E-state index is 13.1. The van der Waals surface area contributed by atoms with Crippen molar-refractivity contribution in [2.24, 2.45) is 24.3 Å². The topological polar surface area (TPSA) is 45.6 Å². The first-order valence-electron chi connectivity index (χ1n) is 9.59. The SMILES string of the molecule is CC(C)CN(Cc1cccn1C)C(=O)CN(CC(C)C)C(=O)C(C)(C)C. The van der Waals surface area contributed by atoms with Crippen LogP contribution in [0.15, 0.2) is 18.3 Å². The fourth-order valence-electron chi connectivity index (χ4n) is 2.95. The smallest absolute Gasteiger partial charge is 0.242 e. The molecule has 0 aliphatic carbocycles. The van der Waals surface area contributed by atoms with Gasteiger partial charge in [0.25, 0.3) is 0 Å². The summed E-state index contributed by atoms with van der Waals surface area (Å²) in [6.45, 7) is 16.1. The molecule has 1 aromatic rings. The van der Waals surface area contributed by atoms with E-state index in [1.165, 1.54) is 0 Å². The van der Waals surface area contributed by atoms with E-state index in [-0.39, 0.29) is 18.4 Å². The lowest BCUT2D eigenvalue weighted by Crippen LogP contribution is -2.48. The van der Waals surface area contributed by atoms with Crippen LogP contribution in [0.1, 0.15) is 54.2 Å². The zero-order chi connectivity index (χ0) is 20.1. The molecule has 5 heteroatoms. The molecule has 0 unspecified atom stereocenters. The minimum atomic E-state index is -0.490. The van der Waals surface area contributed by atoms with Crippen LogP contribution >= 0.6 is 0 Å². The molecule has 0 N–H and O–H groups in total. The van der Waals surface area contributed by atoms with Crippen molar-refractivity contribution in [3.8, 4) is 0 Å². The van der Waals surface area contributed by atoms with Gasteiger partial charge in [-0.15, -0.1) is 0 Å². The van der Waals surface area contributed by atoms with Crippen LogP contribution in [0.4, 0.5) is 0 Å². The van der Waals surface area contributed by atoms with Gasteiger partial charge in [0.05, 0.1) is 13.1 Å². The monoisotopic (exact) mass is 363 g/mol. The van der Waals surface area contributed by atoms with Crippen LogP contribution < -0.4 is 0 Å². The molecule has 0 aromatic carbocycles. The first-order chi connectivity index (χ1) is 11.9. The Morgan fingerprint density at radius 3 is 2.00 bits per heavy atom. The second kappa shape index (κ2) is 9.24. The minimum Gasteiger partial charge on any atom is -0.353 e. The van der Waals surface area contributed by atoms with E-state index in [9.17, 15) is 9.59 Å². The molecule has 26 heavy (non-hydrogen) atoms. The zero-order valence-corrected chi connectivity index (χ0v) is 17.9. The average molecular weight is 364 g/mol. The molecule has 0 fully saturated rings. The van der Waals surface area contributed by atoms with E-state index in [1.807, 2.05) is 55.6 Å². The Morgan fingerprint density at radius 1 is 1.04 bits per heavy atom. The molecule has 0 saturated carbocycles. The van der Waals surface area contributed by atoms with Crippen molar-refractivity contribution in [2.45, 2.75) is 55.0 Å². The summed E-state index contributed by atoms with van der Waals surface area (Å²) in [6.07, 6.45) is 1.99. The maximum Gasteiger partial charge on any atom is 0.242 e. The van der Waals surface area contributed by atoms with Gasteiger partial charge in [-0.3, -0.25) is 9.59 Å². The van der Waals surface area contributed by atoms with Gasteiger partial charge >= 0.3 is 0 Å². The van der Waals surface area contributed by atoms with E-state index < -0.39 is 5.41 Å². The highest BCUT2D eigenvalue weighted by molar-refractivity contribution is 5.87. The van der Waals surface area contributed by atoms with Gasteiger partial charge in [0.2, 0.25) is 11.8 Å². The summed E-state index contributed by atoms with van der Waals surface area (Å²) in [7, 11) is 1.99. The molecular formula is C21H37N3O2. The number of hydrogen-bond donors (Lipinski definition) is 0. The third-order valence-corrected chi connectivity index (χ3v) is 4.18. The molecule has 0 spiro atoms. The van der Waals surface area contributed by atoms with Crippen molar-refractivity contribution in [1.29, 1.82) is 0 Å². The van der Waals surface area contributed by atoms with Crippen LogP contribution in [0.2, 0.25) is 0 Å². The summed E-state index contributed by atoms with van der Waals surface area (Å²) in [5.74, 6) is 0.734. The van der Waals surface area contributed by atoms with Crippen LogP contribution in [0.25, 0.3) is 0 Å². The number of aryl methyl sites for hydroxylation is 1. The Kier molecular flexibility index (Phi) is 7.91. The highest BCUT2D eigenvalue weighted by atomic mass is 16.2. The van der Waals surface area contributed by atoms with Gasteiger partial charge in [-0.25, -0.2) is 0 Å². The number of carbonyl (C=O) groups is 2. The van der Waals surface area contributed by atoms with Crippen molar-refractivity contribution in [3.05, 3.63) is 24.0 Å². The molecule has 1 aromatic heterocycles. The van der Waals surface area contributed by atoms with Gasteiger partial charge in [0.1, 0.15) is 0 Å². The van der Waals surface area contributed by atoms with Crippen LogP contribution in [0.3, 0.4) is 0 Å². The molecule has 0 radical (unpaired) electrons. The first-order valence-corrected chi connectivity index (χ1v) is 9.59. The van der Waals surface area contributed by atoms with Crippen LogP contribution in [-0.4, -0.2) is 45.8 Å². The molecule has 2 amide bonds. The molecule has 0 bridgehead atoms. The summed E-state index contributed by atoms with van der Waals surface area (Å²) in [5, 5.41) is 0. The van der Waals surface area contributed by atoms with Crippen molar-refractivity contribution >= 4 is 11.8 Å². The van der Waals surface area contributed by atoms with Gasteiger partial charge in [0, 0.05) is 37.4 Å². The summed E-state index contributed by atoms with van der Waals surface area (Å²) >= 11 is 0. The maximum atomic E-state index is 13.1. The predicted molar refractivity (Wildman–Crippen MR) is 107 cm³/mol. The Balaban J connectivity index is 2.96. The third-order valence-electron chi connectivity index (χ3n) is 4.18. The number of aromatic nitrogens is 1. The van der Waals surface area contributed by atoms with Crippen molar-refractivity contribution < 1.29 is 9.59 Å². The number of rotatable bonds is 8. The predicted octanol–water partition coefficient (Wildman–Crippen LogP) is 3.54. The first kappa shape index (κ1) is 22.3. The third kappa shape index (κ3) is 6.85. The summed E-state index contributed by atoms with van der Waals surface area (Å²) < 4.78 is 2.03. The lowest BCUT2D eigenvalue weighted by Gasteiger charge is -2.33. The Hall–Kier alpha value is -1.78. The zero-order valence-electron chi connectivity index (χ0n) is 17.9. The lowest BCUT2D eigenvalue weighted by molar-refractivity contribution is -0.146. The molecular weight excluding hydrogens is 326 g/mol. The van der Waals surface area contributed by atoms with Crippen LogP contribution in [0.5, 0.6) is 0 Å². The molecule has 0 aliphatic rings. The Bertz CT molecular complexity index is 597. The van der Waals surface area contributed by atoms with E-state index in [1.54, 1.807) is 4.90 Å². The highest BCUT2D eigenvalue weighted by Gasteiger charge is 2.30. The summed E-state index contributed by atoms with van der Waals surface area (Å²) in [6, 6.07) is 4.02. The van der Waals surface area contributed by atoms with E-state index in [2.05, 4.69) is 27.7 Å². The van der Waals surface area contributed by atoms with E-state index in [0.717, 1.165) is 5.69 Å². The molecule has 5 nitrogen and oxygen atoms in total. The van der Waals surface area contributed by atoms with E-state index >= 15 is 0 Å². The fourth-order valence-corrected chi connectivity index (χ4v) is 2.95.